The number of unbranched alkanes of at least 4 members (excludes halogenated alkanes) is 20. The summed E-state index contributed by atoms with van der Waals surface area (Å²) < 4.78 is 68.5. The number of phosphoric ester groups is 2. The highest BCUT2D eigenvalue weighted by molar-refractivity contribution is 7.47. The number of hydrogen-bond acceptors (Lipinski definition) is 15. The van der Waals surface area contributed by atoms with E-state index in [4.69, 9.17) is 37.0 Å². The lowest BCUT2D eigenvalue weighted by Gasteiger charge is -2.21. The number of carbonyl (C=O) groups is 4. The number of hydrogen-bond donors (Lipinski definition) is 3. The lowest BCUT2D eigenvalue weighted by molar-refractivity contribution is -0.161. The van der Waals surface area contributed by atoms with E-state index in [1.165, 1.54) is 38.5 Å². The van der Waals surface area contributed by atoms with Crippen molar-refractivity contribution in [3.05, 3.63) is 182 Å². The molecule has 0 amide bonds. The Morgan fingerprint density at radius 2 is 0.519 bits per heavy atom. The zero-order chi connectivity index (χ0) is 78.9. The first-order valence-electron chi connectivity index (χ1n) is 41.0. The molecule has 108 heavy (non-hydrogen) atoms. The molecule has 612 valence electrons. The molecular weight excluding hydrogens is 1400 g/mol. The fraction of sp³-hybridized carbons (Fsp3) is 0.618. The number of phosphoric acid groups is 2. The zero-order valence-electron chi connectivity index (χ0n) is 66.9. The maximum atomic E-state index is 13.1. The SMILES string of the molecule is CC/C=C\C/C=C\C/C=C\C/C=C\C/C=C\CC(=O)OCC(COP(=O)(O)OCC(O)COP(=O)(O)OCC(COC(=O)CCCCCCCC/C=C\C/C=C\C/C=C\CCCCC)OC(=O)CCCCCCCC/C=C\C/C=C\C/C=C\CCCCC)OC(=O)CCCC/C=C\C/C=C\C/C=C\C/C=C\CC. The van der Waals surface area contributed by atoms with Crippen molar-refractivity contribution in [2.24, 2.45) is 0 Å². The molecule has 0 spiro atoms. The molecule has 3 N–H and O–H groups in total. The molecule has 0 aliphatic rings. The van der Waals surface area contributed by atoms with Gasteiger partial charge in [0.15, 0.2) is 12.2 Å². The highest BCUT2D eigenvalue weighted by atomic mass is 31.2. The highest BCUT2D eigenvalue weighted by Crippen LogP contribution is 2.45. The minimum atomic E-state index is -5.02. The van der Waals surface area contributed by atoms with Crippen LogP contribution in [0.1, 0.15) is 297 Å². The Morgan fingerprint density at radius 1 is 0.278 bits per heavy atom. The third kappa shape index (κ3) is 78.3. The number of esters is 4. The van der Waals surface area contributed by atoms with Crippen molar-refractivity contribution in [3.8, 4) is 0 Å². The zero-order valence-corrected chi connectivity index (χ0v) is 68.7. The van der Waals surface area contributed by atoms with Gasteiger partial charge in [-0.2, -0.15) is 0 Å². The van der Waals surface area contributed by atoms with Gasteiger partial charge in [-0.3, -0.25) is 37.3 Å². The van der Waals surface area contributed by atoms with Crippen LogP contribution in [-0.2, 0) is 65.4 Å². The Labute approximate surface area is 654 Å². The van der Waals surface area contributed by atoms with E-state index in [9.17, 15) is 43.2 Å². The predicted octanol–water partition coefficient (Wildman–Crippen LogP) is 24.3. The fourth-order valence-corrected chi connectivity index (χ4v) is 11.8. The number of ether oxygens (including phenoxy) is 4. The van der Waals surface area contributed by atoms with Crippen molar-refractivity contribution in [1.82, 2.24) is 0 Å². The van der Waals surface area contributed by atoms with Crippen LogP contribution in [-0.4, -0.2) is 96.7 Å². The summed E-state index contributed by atoms with van der Waals surface area (Å²) in [5.41, 5.74) is 0. The summed E-state index contributed by atoms with van der Waals surface area (Å²) in [7, 11) is -10.0. The average Bonchev–Trinajstić information content (AvgIpc) is 0.899. The predicted molar refractivity (Wildman–Crippen MR) is 445 cm³/mol. The summed E-state index contributed by atoms with van der Waals surface area (Å²) in [4.78, 5) is 73.1. The van der Waals surface area contributed by atoms with Gasteiger partial charge in [0.1, 0.15) is 19.3 Å². The van der Waals surface area contributed by atoms with E-state index in [1.807, 2.05) is 24.3 Å². The Bertz CT molecular complexity index is 2760. The molecule has 0 radical (unpaired) electrons. The Kier molecular flexibility index (Phi) is 75.0. The Morgan fingerprint density at radius 3 is 0.843 bits per heavy atom. The second-order valence-electron chi connectivity index (χ2n) is 26.6. The molecule has 0 saturated heterocycles. The molecule has 0 heterocycles. The summed E-state index contributed by atoms with van der Waals surface area (Å²) in [6, 6.07) is 0. The molecule has 0 aromatic heterocycles. The number of aliphatic hydroxyl groups excluding tert-OH is 1. The summed E-state index contributed by atoms with van der Waals surface area (Å²) in [5.74, 6) is -2.41. The van der Waals surface area contributed by atoms with E-state index in [1.54, 1.807) is 6.08 Å². The van der Waals surface area contributed by atoms with E-state index >= 15 is 0 Å². The summed E-state index contributed by atoms with van der Waals surface area (Å²) in [6.07, 6.45) is 96.1. The Hall–Kier alpha value is -5.84. The van der Waals surface area contributed by atoms with Crippen LogP contribution in [0.5, 0.6) is 0 Å². The maximum absolute atomic E-state index is 13.1. The molecule has 0 aromatic carbocycles. The van der Waals surface area contributed by atoms with Crippen LogP contribution >= 0.6 is 15.6 Å². The van der Waals surface area contributed by atoms with Gasteiger partial charge in [0.05, 0.1) is 32.8 Å². The standard InChI is InChI=1S/C89H144O17P2/c1-5-9-13-17-21-25-29-33-37-39-41-43-47-50-54-58-62-66-70-74-87(92)100-80-85(106-89(94)76-72-68-64-60-56-52-48-44-42-40-38-34-30-26-22-18-14-10-6-2)82-104-108(97,98)102-78-83(90)77-101-107(95,96)103-81-84(105-88(93)75-71-67-63-59-55-51-46-36-32-28-24-20-16-12-8-4)79-99-86(91)73-69-65-61-57-53-49-45-35-31-27-23-19-15-11-7-3/h11-12,15-16,21-28,33-38,41-46,53,55,57,59,65,69,83-85,90H,5-10,13-14,17-20,29-32,39-40,47-52,54,56,58,60-64,66-68,70-82H2,1-4H3,(H,95,96)(H,97,98)/b15-11-,16-12-,25-21-,26-22-,27-23-,28-24-,37-33-,38-34-,43-41-,44-42-,45-35-,46-36-,57-53-,59-55-,69-65-. The van der Waals surface area contributed by atoms with E-state index in [-0.39, 0.29) is 25.7 Å². The molecule has 0 fully saturated rings. The Balaban J connectivity index is 5.51. The molecule has 17 nitrogen and oxygen atoms in total. The molecule has 5 unspecified atom stereocenters. The molecule has 0 aliphatic carbocycles. The third-order valence-corrected chi connectivity index (χ3v) is 18.3. The van der Waals surface area contributed by atoms with Gasteiger partial charge in [-0.05, 0) is 167 Å². The van der Waals surface area contributed by atoms with Crippen molar-refractivity contribution in [2.45, 2.75) is 316 Å². The topological polar surface area (TPSA) is 237 Å². The van der Waals surface area contributed by atoms with Crippen LogP contribution in [0.15, 0.2) is 182 Å². The lowest BCUT2D eigenvalue weighted by atomic mass is 10.1. The van der Waals surface area contributed by atoms with Gasteiger partial charge in [-0.1, -0.05) is 287 Å². The van der Waals surface area contributed by atoms with Gasteiger partial charge in [0, 0.05) is 19.3 Å². The van der Waals surface area contributed by atoms with Gasteiger partial charge in [-0.15, -0.1) is 0 Å². The average molecular weight is 1550 g/mol. The van der Waals surface area contributed by atoms with Gasteiger partial charge in [0.2, 0.25) is 0 Å². The van der Waals surface area contributed by atoms with E-state index in [0.717, 1.165) is 173 Å². The minimum Gasteiger partial charge on any atom is -0.462 e. The van der Waals surface area contributed by atoms with Crippen molar-refractivity contribution in [2.75, 3.05) is 39.6 Å². The van der Waals surface area contributed by atoms with Crippen molar-refractivity contribution < 1.29 is 80.2 Å². The third-order valence-electron chi connectivity index (χ3n) is 16.4. The number of allylic oxidation sites excluding steroid dienone is 29. The van der Waals surface area contributed by atoms with Crippen molar-refractivity contribution in [3.63, 3.8) is 0 Å². The first-order valence-corrected chi connectivity index (χ1v) is 44.0. The lowest BCUT2D eigenvalue weighted by Crippen LogP contribution is -2.30. The first kappa shape index (κ1) is 102. The molecule has 0 aliphatic heterocycles. The molecule has 5 atom stereocenters. The molecule has 0 rings (SSSR count). The quantitative estimate of drug-likeness (QED) is 0.0169. The van der Waals surface area contributed by atoms with Gasteiger partial charge >= 0.3 is 39.5 Å². The van der Waals surface area contributed by atoms with Crippen LogP contribution in [0.4, 0.5) is 0 Å². The van der Waals surface area contributed by atoms with Crippen LogP contribution in [0.25, 0.3) is 0 Å². The fourth-order valence-electron chi connectivity index (χ4n) is 10.2. The van der Waals surface area contributed by atoms with Gasteiger partial charge < -0.3 is 33.8 Å². The number of carbonyl (C=O) groups excluding carboxylic acids is 4. The van der Waals surface area contributed by atoms with Gasteiger partial charge in [0.25, 0.3) is 0 Å². The van der Waals surface area contributed by atoms with Gasteiger partial charge in [-0.25, -0.2) is 9.13 Å². The largest absolute Gasteiger partial charge is 0.472 e. The van der Waals surface area contributed by atoms with E-state index < -0.39 is 97.5 Å². The van der Waals surface area contributed by atoms with Crippen LogP contribution in [0, 0.1) is 0 Å². The van der Waals surface area contributed by atoms with Crippen LogP contribution in [0.2, 0.25) is 0 Å². The summed E-state index contributed by atoms with van der Waals surface area (Å²) >= 11 is 0. The molecule has 0 bridgehead atoms. The normalized spacial score (nSPS) is 14.8. The van der Waals surface area contributed by atoms with Crippen LogP contribution < -0.4 is 0 Å². The van der Waals surface area contributed by atoms with E-state index in [2.05, 4.69) is 180 Å². The molecular formula is C89H144O17P2. The van der Waals surface area contributed by atoms with E-state index in [0.29, 0.717) is 32.1 Å². The molecule has 19 heteroatoms. The van der Waals surface area contributed by atoms with Crippen molar-refractivity contribution >= 4 is 39.5 Å². The monoisotopic (exact) mass is 1550 g/mol. The highest BCUT2D eigenvalue weighted by Gasteiger charge is 2.30. The van der Waals surface area contributed by atoms with Crippen LogP contribution in [0.3, 0.4) is 0 Å². The molecule has 0 saturated carbocycles. The number of aliphatic hydroxyl groups is 1. The summed E-state index contributed by atoms with van der Waals surface area (Å²) in [5, 5.41) is 10.7. The smallest absolute Gasteiger partial charge is 0.462 e. The minimum absolute atomic E-state index is 0.0160. The van der Waals surface area contributed by atoms with Crippen molar-refractivity contribution in [1.29, 1.82) is 0 Å². The second-order valence-corrected chi connectivity index (χ2v) is 29.5. The summed E-state index contributed by atoms with van der Waals surface area (Å²) in [6.45, 7) is 4.39. The first-order chi connectivity index (χ1) is 52.7. The maximum Gasteiger partial charge on any atom is 0.472 e. The molecule has 0 aromatic rings. The number of rotatable bonds is 75. The second kappa shape index (κ2) is 79.3.